The molecular formula is C17H16ClN3O. The molecule has 0 aliphatic heterocycles. The molecule has 1 atom stereocenters. The number of halogens is 1. The number of aromatic nitrogens is 2. The van der Waals surface area contributed by atoms with Crippen LogP contribution >= 0.6 is 11.6 Å². The second-order valence-electron chi connectivity index (χ2n) is 5.39. The minimum atomic E-state index is -1.03. The smallest absolute Gasteiger partial charge is 0.104 e. The van der Waals surface area contributed by atoms with E-state index in [0.29, 0.717) is 11.6 Å². The van der Waals surface area contributed by atoms with E-state index in [1.54, 1.807) is 37.6 Å². The van der Waals surface area contributed by atoms with Gasteiger partial charge in [-0.1, -0.05) is 23.7 Å². The quantitative estimate of drug-likeness (QED) is 0.772. The summed E-state index contributed by atoms with van der Waals surface area (Å²) in [5.41, 5.74) is 1.46. The van der Waals surface area contributed by atoms with E-state index in [1.807, 2.05) is 24.3 Å². The lowest BCUT2D eigenvalue weighted by atomic mass is 9.96. The van der Waals surface area contributed by atoms with Crippen molar-refractivity contribution in [1.29, 1.82) is 0 Å². The summed E-state index contributed by atoms with van der Waals surface area (Å²) >= 11 is 6.00. The summed E-state index contributed by atoms with van der Waals surface area (Å²) in [5, 5.41) is 15.6. The summed E-state index contributed by atoms with van der Waals surface area (Å²) in [7, 11) is 0. The Hall–Kier alpha value is -2.17. The zero-order chi connectivity index (χ0) is 15.6. The maximum absolute atomic E-state index is 10.7. The monoisotopic (exact) mass is 313 g/mol. The van der Waals surface area contributed by atoms with Gasteiger partial charge in [0.15, 0.2) is 0 Å². The minimum absolute atomic E-state index is 0.356. The van der Waals surface area contributed by atoms with Crippen molar-refractivity contribution in [2.45, 2.75) is 12.5 Å². The van der Waals surface area contributed by atoms with Gasteiger partial charge in [-0.2, -0.15) is 0 Å². The molecule has 0 aliphatic rings. The number of anilines is 1. The minimum Gasteiger partial charge on any atom is -0.384 e. The molecule has 2 N–H and O–H groups in total. The predicted molar refractivity (Wildman–Crippen MR) is 89.1 cm³/mol. The summed E-state index contributed by atoms with van der Waals surface area (Å²) in [5.74, 6) is 0. The van der Waals surface area contributed by atoms with Gasteiger partial charge in [0.1, 0.15) is 5.60 Å². The molecular weight excluding hydrogens is 298 g/mol. The van der Waals surface area contributed by atoms with E-state index in [1.165, 1.54) is 0 Å². The Morgan fingerprint density at radius 2 is 2.09 bits per heavy atom. The van der Waals surface area contributed by atoms with E-state index in [0.717, 1.165) is 22.2 Å². The van der Waals surface area contributed by atoms with Gasteiger partial charge < -0.3 is 10.4 Å². The Morgan fingerprint density at radius 3 is 2.91 bits per heavy atom. The number of nitrogens with zero attached hydrogens (tertiary/aromatic N) is 2. The second kappa shape index (κ2) is 5.91. The molecule has 4 nitrogen and oxygen atoms in total. The third-order valence-electron chi connectivity index (χ3n) is 3.61. The number of rotatable bonds is 4. The van der Waals surface area contributed by atoms with Gasteiger partial charge in [-0.3, -0.25) is 9.97 Å². The van der Waals surface area contributed by atoms with E-state index in [4.69, 9.17) is 11.6 Å². The number of fused-ring (bicyclic) bond motifs is 1. The van der Waals surface area contributed by atoms with Crippen molar-refractivity contribution in [3.63, 3.8) is 0 Å². The highest BCUT2D eigenvalue weighted by molar-refractivity contribution is 6.30. The Balaban J connectivity index is 1.84. The molecule has 1 aromatic carbocycles. The van der Waals surface area contributed by atoms with Gasteiger partial charge in [0.25, 0.3) is 0 Å². The summed E-state index contributed by atoms with van der Waals surface area (Å²) in [4.78, 5) is 8.34. The number of aliphatic hydroxyl groups is 1. The molecule has 0 saturated carbocycles. The van der Waals surface area contributed by atoms with Crippen molar-refractivity contribution in [3.05, 3.63) is 65.6 Å². The standard InChI is InChI=1S/C17H16ClN3O/c1-17(22,12-3-2-4-13(18)9-12)11-21-15-6-8-20-16-10-19-7-5-14(15)16/h2-10,22H,11H2,1H3,(H,20,21). The number of benzene rings is 1. The number of hydrogen-bond acceptors (Lipinski definition) is 4. The van der Waals surface area contributed by atoms with Gasteiger partial charge >= 0.3 is 0 Å². The van der Waals surface area contributed by atoms with Crippen LogP contribution in [0.3, 0.4) is 0 Å². The predicted octanol–water partition coefficient (Wildman–Crippen LogP) is 3.60. The van der Waals surface area contributed by atoms with Gasteiger partial charge in [0.05, 0.1) is 11.7 Å². The largest absolute Gasteiger partial charge is 0.384 e. The van der Waals surface area contributed by atoms with Crippen LogP contribution in [-0.2, 0) is 5.60 Å². The van der Waals surface area contributed by atoms with Gasteiger partial charge in [-0.25, -0.2) is 0 Å². The molecule has 112 valence electrons. The normalized spacial score (nSPS) is 13.8. The van der Waals surface area contributed by atoms with Gasteiger partial charge in [0, 0.05) is 35.0 Å². The average molecular weight is 314 g/mol. The first-order chi connectivity index (χ1) is 10.6. The van der Waals surface area contributed by atoms with E-state index in [-0.39, 0.29) is 0 Å². The van der Waals surface area contributed by atoms with Gasteiger partial charge in [-0.05, 0) is 36.8 Å². The highest BCUT2D eigenvalue weighted by Crippen LogP contribution is 2.26. The molecule has 22 heavy (non-hydrogen) atoms. The van der Waals surface area contributed by atoms with E-state index < -0.39 is 5.60 Å². The molecule has 2 aromatic heterocycles. The number of pyridine rings is 2. The Kier molecular flexibility index (Phi) is 3.96. The Morgan fingerprint density at radius 1 is 1.23 bits per heavy atom. The fourth-order valence-electron chi connectivity index (χ4n) is 2.35. The lowest BCUT2D eigenvalue weighted by Crippen LogP contribution is -2.30. The third-order valence-corrected chi connectivity index (χ3v) is 3.85. The van der Waals surface area contributed by atoms with Crippen LogP contribution in [0.1, 0.15) is 12.5 Å². The van der Waals surface area contributed by atoms with Crippen LogP contribution in [0.2, 0.25) is 5.02 Å². The first-order valence-electron chi connectivity index (χ1n) is 6.97. The average Bonchev–Trinajstić information content (AvgIpc) is 2.53. The topological polar surface area (TPSA) is 58.0 Å². The fourth-order valence-corrected chi connectivity index (χ4v) is 2.54. The van der Waals surface area contributed by atoms with Crippen molar-refractivity contribution in [3.8, 4) is 0 Å². The Bertz CT molecular complexity index is 799. The molecule has 0 amide bonds. The summed E-state index contributed by atoms with van der Waals surface area (Å²) in [6.45, 7) is 2.12. The molecule has 0 spiro atoms. The van der Waals surface area contributed by atoms with Crippen molar-refractivity contribution < 1.29 is 5.11 Å². The maximum atomic E-state index is 10.7. The van der Waals surface area contributed by atoms with Crippen molar-refractivity contribution in [1.82, 2.24) is 9.97 Å². The highest BCUT2D eigenvalue weighted by Gasteiger charge is 2.23. The van der Waals surface area contributed by atoms with Crippen LogP contribution < -0.4 is 5.32 Å². The molecule has 0 aliphatic carbocycles. The van der Waals surface area contributed by atoms with Crippen LogP contribution in [0.4, 0.5) is 5.69 Å². The summed E-state index contributed by atoms with van der Waals surface area (Å²) in [6, 6.07) is 11.0. The molecule has 5 heteroatoms. The van der Waals surface area contributed by atoms with Crippen molar-refractivity contribution >= 4 is 28.2 Å². The number of hydrogen-bond donors (Lipinski definition) is 2. The number of nitrogens with one attached hydrogen (secondary N) is 1. The molecule has 1 unspecified atom stereocenters. The first-order valence-corrected chi connectivity index (χ1v) is 7.35. The summed E-state index contributed by atoms with van der Waals surface area (Å²) < 4.78 is 0. The summed E-state index contributed by atoms with van der Waals surface area (Å²) in [6.07, 6.45) is 5.17. The van der Waals surface area contributed by atoms with Crippen molar-refractivity contribution in [2.24, 2.45) is 0 Å². The zero-order valence-corrected chi connectivity index (χ0v) is 12.9. The molecule has 2 heterocycles. The molecule has 0 bridgehead atoms. The highest BCUT2D eigenvalue weighted by atomic mass is 35.5. The van der Waals surface area contributed by atoms with Crippen LogP contribution in [0.15, 0.2) is 55.0 Å². The van der Waals surface area contributed by atoms with Gasteiger partial charge in [0.2, 0.25) is 0 Å². The first kappa shape index (κ1) is 14.8. The van der Waals surface area contributed by atoms with Crippen molar-refractivity contribution in [2.75, 3.05) is 11.9 Å². The maximum Gasteiger partial charge on any atom is 0.104 e. The van der Waals surface area contributed by atoms with Crippen LogP contribution in [0.5, 0.6) is 0 Å². The SMILES string of the molecule is CC(O)(CNc1ccnc2cnccc12)c1cccc(Cl)c1. The fraction of sp³-hybridized carbons (Fsp3) is 0.176. The molecule has 3 rings (SSSR count). The van der Waals surface area contributed by atoms with Crippen LogP contribution in [0.25, 0.3) is 10.9 Å². The zero-order valence-electron chi connectivity index (χ0n) is 12.1. The lowest BCUT2D eigenvalue weighted by molar-refractivity contribution is 0.0716. The Labute approximate surface area is 133 Å². The third kappa shape index (κ3) is 3.03. The lowest BCUT2D eigenvalue weighted by Gasteiger charge is -2.25. The molecule has 0 fully saturated rings. The molecule has 0 radical (unpaired) electrons. The van der Waals surface area contributed by atoms with E-state index in [2.05, 4.69) is 15.3 Å². The second-order valence-corrected chi connectivity index (χ2v) is 5.83. The molecule has 0 saturated heterocycles. The van der Waals surface area contributed by atoms with Crippen LogP contribution in [0, 0.1) is 0 Å². The van der Waals surface area contributed by atoms with E-state index in [9.17, 15) is 5.11 Å². The van der Waals surface area contributed by atoms with E-state index >= 15 is 0 Å². The van der Waals surface area contributed by atoms with Crippen LogP contribution in [-0.4, -0.2) is 21.6 Å². The van der Waals surface area contributed by atoms with Gasteiger partial charge in [-0.15, -0.1) is 0 Å². The molecule has 3 aromatic rings.